The van der Waals surface area contributed by atoms with Crippen LogP contribution in [0.3, 0.4) is 0 Å². The highest BCUT2D eigenvalue weighted by atomic mass is 35.5. The average molecular weight is 616 g/mol. The summed E-state index contributed by atoms with van der Waals surface area (Å²) in [5, 5.41) is 9.32. The van der Waals surface area contributed by atoms with Crippen molar-refractivity contribution in [2.75, 3.05) is 19.5 Å². The summed E-state index contributed by atoms with van der Waals surface area (Å²) in [5.74, 6) is 0.809. The van der Waals surface area contributed by atoms with Gasteiger partial charge in [-0.15, -0.1) is 5.10 Å². The van der Waals surface area contributed by atoms with Crippen LogP contribution < -0.4 is 14.8 Å². The van der Waals surface area contributed by atoms with Crippen LogP contribution in [0.15, 0.2) is 77.1 Å². The lowest BCUT2D eigenvalue weighted by Gasteiger charge is -2.28. The molecule has 1 aliphatic heterocycles. The molecule has 5 rings (SSSR count). The predicted octanol–water partition coefficient (Wildman–Crippen LogP) is 7.07. The molecule has 2 heterocycles. The minimum Gasteiger partial charge on any atom is -0.493 e. The van der Waals surface area contributed by atoms with Crippen LogP contribution in [0.5, 0.6) is 11.5 Å². The van der Waals surface area contributed by atoms with E-state index in [1.165, 1.54) is 38.1 Å². The summed E-state index contributed by atoms with van der Waals surface area (Å²) < 4.78 is 32.5. The number of carbonyl (C=O) groups is 1. The Morgan fingerprint density at radius 2 is 1.85 bits per heavy atom. The van der Waals surface area contributed by atoms with Crippen LogP contribution in [-0.4, -0.2) is 35.0 Å². The van der Waals surface area contributed by atoms with Crippen molar-refractivity contribution < 1.29 is 23.4 Å². The Morgan fingerprint density at radius 3 is 2.59 bits per heavy atom. The second kappa shape index (κ2) is 12.4. The zero-order valence-electron chi connectivity index (χ0n) is 22.3. The van der Waals surface area contributed by atoms with Gasteiger partial charge in [-0.25, -0.2) is 13.9 Å². The minimum atomic E-state index is -0.676. The summed E-state index contributed by atoms with van der Waals surface area (Å²) in [7, 11) is 2.82. The number of esters is 1. The third kappa shape index (κ3) is 6.00. The largest absolute Gasteiger partial charge is 0.493 e. The van der Waals surface area contributed by atoms with Gasteiger partial charge in [0.1, 0.15) is 18.5 Å². The van der Waals surface area contributed by atoms with Gasteiger partial charge in [-0.3, -0.25) is 0 Å². The van der Waals surface area contributed by atoms with E-state index in [1.54, 1.807) is 35.9 Å². The standard InChI is InChI=1S/C29H25Cl2FN4O4S/c1-16-25(27(37)39-3)26(36-28(33-16)34-29(35-36)41-15-18-7-4-5-8-20(18)30)17-11-12-23(24(13-17)38-2)40-14-19-21(31)9-6-10-22(19)32/h4-13,26H,14-15H2,1-3H3,(H,33,34,35). The van der Waals surface area contributed by atoms with Gasteiger partial charge in [-0.2, -0.15) is 4.98 Å². The number of hydrogen-bond donors (Lipinski definition) is 1. The first-order chi connectivity index (χ1) is 19.8. The molecule has 1 unspecified atom stereocenters. The lowest BCUT2D eigenvalue weighted by Crippen LogP contribution is -2.29. The monoisotopic (exact) mass is 614 g/mol. The van der Waals surface area contributed by atoms with Gasteiger partial charge in [0.05, 0.1) is 24.8 Å². The molecular formula is C29H25Cl2FN4O4S. The number of carbonyl (C=O) groups excluding carboxylic acids is 1. The van der Waals surface area contributed by atoms with Gasteiger partial charge in [-0.1, -0.05) is 65.3 Å². The normalized spacial score (nSPS) is 14.3. The number of allylic oxidation sites excluding steroid dienone is 1. The Morgan fingerprint density at radius 1 is 1.07 bits per heavy atom. The maximum atomic E-state index is 14.3. The van der Waals surface area contributed by atoms with E-state index in [4.69, 9.17) is 42.5 Å². The third-order valence-corrected chi connectivity index (χ3v) is 8.10. The van der Waals surface area contributed by atoms with Crippen molar-refractivity contribution in [1.29, 1.82) is 0 Å². The number of hydrogen-bond acceptors (Lipinski definition) is 8. The molecule has 1 aliphatic rings. The maximum Gasteiger partial charge on any atom is 0.338 e. The molecule has 3 aromatic carbocycles. The number of anilines is 1. The number of aromatic nitrogens is 3. The van der Waals surface area contributed by atoms with Gasteiger partial charge in [-0.05, 0) is 48.4 Å². The molecule has 1 N–H and O–H groups in total. The highest BCUT2D eigenvalue weighted by molar-refractivity contribution is 7.98. The molecule has 0 saturated carbocycles. The third-order valence-electron chi connectivity index (χ3n) is 6.49. The first-order valence-corrected chi connectivity index (χ1v) is 14.2. The molecule has 4 aromatic rings. The van der Waals surface area contributed by atoms with Gasteiger partial charge >= 0.3 is 5.97 Å². The molecule has 0 fully saturated rings. The Balaban J connectivity index is 1.47. The summed E-state index contributed by atoms with van der Waals surface area (Å²) in [6, 6.07) is 16.6. The number of methoxy groups -OCH3 is 2. The zero-order chi connectivity index (χ0) is 29.1. The van der Waals surface area contributed by atoms with Gasteiger partial charge in [0.2, 0.25) is 11.1 Å². The number of halogens is 3. The van der Waals surface area contributed by atoms with Crippen LogP contribution in [-0.2, 0) is 21.9 Å². The van der Waals surface area contributed by atoms with Crippen LogP contribution in [0.1, 0.15) is 29.7 Å². The smallest absolute Gasteiger partial charge is 0.338 e. The summed E-state index contributed by atoms with van der Waals surface area (Å²) >= 11 is 13.9. The first kappa shape index (κ1) is 28.8. The summed E-state index contributed by atoms with van der Waals surface area (Å²) in [6.07, 6.45) is 0. The number of nitrogens with one attached hydrogen (secondary N) is 1. The van der Waals surface area contributed by atoms with Crippen molar-refractivity contribution in [3.8, 4) is 11.5 Å². The molecule has 1 aromatic heterocycles. The molecule has 0 radical (unpaired) electrons. The number of nitrogens with zero attached hydrogens (tertiary/aromatic N) is 3. The quantitative estimate of drug-likeness (QED) is 0.158. The van der Waals surface area contributed by atoms with Crippen LogP contribution in [0.25, 0.3) is 0 Å². The molecular weight excluding hydrogens is 590 g/mol. The van der Waals surface area contributed by atoms with Crippen molar-refractivity contribution in [2.45, 2.75) is 30.5 Å². The first-order valence-electron chi connectivity index (χ1n) is 12.4. The number of rotatable bonds is 9. The van der Waals surface area contributed by atoms with E-state index in [1.807, 2.05) is 24.3 Å². The molecule has 12 heteroatoms. The van der Waals surface area contributed by atoms with Gasteiger partial charge in [0.15, 0.2) is 11.5 Å². The van der Waals surface area contributed by atoms with E-state index in [0.29, 0.717) is 50.2 Å². The molecule has 0 saturated heterocycles. The highest BCUT2D eigenvalue weighted by Crippen LogP contribution is 2.40. The van der Waals surface area contributed by atoms with Gasteiger partial charge in [0, 0.05) is 22.0 Å². The Kier molecular flexibility index (Phi) is 8.72. The van der Waals surface area contributed by atoms with Gasteiger partial charge in [0.25, 0.3) is 0 Å². The van der Waals surface area contributed by atoms with Gasteiger partial charge < -0.3 is 19.5 Å². The Bertz CT molecular complexity index is 1620. The van der Waals surface area contributed by atoms with Crippen LogP contribution in [0, 0.1) is 5.82 Å². The Labute approximate surface area is 250 Å². The molecule has 0 amide bonds. The fraction of sp³-hybridized carbons (Fsp3) is 0.207. The number of fused-ring (bicyclic) bond motifs is 1. The molecule has 0 bridgehead atoms. The summed E-state index contributed by atoms with van der Waals surface area (Å²) in [6.45, 7) is 1.68. The fourth-order valence-corrected chi connectivity index (χ4v) is 5.76. The average Bonchev–Trinajstić information content (AvgIpc) is 3.37. The van der Waals surface area contributed by atoms with Crippen LogP contribution in [0.2, 0.25) is 10.0 Å². The molecule has 0 spiro atoms. The van der Waals surface area contributed by atoms with Crippen molar-refractivity contribution in [1.82, 2.24) is 14.8 Å². The van der Waals surface area contributed by atoms with Crippen molar-refractivity contribution in [2.24, 2.45) is 0 Å². The Hall–Kier alpha value is -3.73. The maximum absolute atomic E-state index is 14.3. The molecule has 0 aliphatic carbocycles. The number of ether oxygens (including phenoxy) is 3. The van der Waals surface area contributed by atoms with Crippen molar-refractivity contribution in [3.05, 3.63) is 104 Å². The van der Waals surface area contributed by atoms with E-state index >= 15 is 0 Å². The fourth-order valence-electron chi connectivity index (χ4n) is 4.43. The topological polar surface area (TPSA) is 87.5 Å². The minimum absolute atomic E-state index is 0.0970. The molecule has 212 valence electrons. The number of thioether (sulfide) groups is 1. The SMILES string of the molecule is COC(=O)C1=C(C)Nc2nc(SCc3ccccc3Cl)nn2C1c1ccc(OCc2c(F)cccc2Cl)c(OC)c1. The van der Waals surface area contributed by atoms with Crippen molar-refractivity contribution in [3.63, 3.8) is 0 Å². The lowest BCUT2D eigenvalue weighted by atomic mass is 9.95. The second-order valence-corrected chi connectivity index (χ2v) is 10.8. The van der Waals surface area contributed by atoms with Crippen LogP contribution >= 0.6 is 35.0 Å². The van der Waals surface area contributed by atoms with Crippen LogP contribution in [0.4, 0.5) is 10.3 Å². The predicted molar refractivity (Wildman–Crippen MR) is 156 cm³/mol. The molecule has 41 heavy (non-hydrogen) atoms. The van der Waals surface area contributed by atoms with E-state index in [9.17, 15) is 9.18 Å². The summed E-state index contributed by atoms with van der Waals surface area (Å²) in [4.78, 5) is 17.6. The lowest BCUT2D eigenvalue weighted by molar-refractivity contribution is -0.136. The van der Waals surface area contributed by atoms with E-state index < -0.39 is 17.8 Å². The zero-order valence-corrected chi connectivity index (χ0v) is 24.6. The van der Waals surface area contributed by atoms with E-state index in [-0.39, 0.29) is 17.2 Å². The molecule has 1 atom stereocenters. The molecule has 8 nitrogen and oxygen atoms in total. The second-order valence-electron chi connectivity index (χ2n) is 9.00. The highest BCUT2D eigenvalue weighted by Gasteiger charge is 2.35. The summed E-state index contributed by atoms with van der Waals surface area (Å²) in [5.41, 5.74) is 2.81. The van der Waals surface area contributed by atoms with E-state index in [2.05, 4.69) is 10.3 Å². The number of benzene rings is 3. The van der Waals surface area contributed by atoms with Crippen molar-refractivity contribution >= 4 is 46.9 Å². The van der Waals surface area contributed by atoms with E-state index in [0.717, 1.165) is 5.56 Å².